The number of aromatic nitrogens is 2. The molecular formula is C14H25N3O2. The van der Waals surface area contributed by atoms with Crippen LogP contribution in [0.25, 0.3) is 0 Å². The normalized spacial score (nSPS) is 19.1. The highest BCUT2D eigenvalue weighted by Gasteiger charge is 2.14. The third-order valence-electron chi connectivity index (χ3n) is 3.51. The van der Waals surface area contributed by atoms with Crippen LogP contribution >= 0.6 is 0 Å². The smallest absolute Gasteiger partial charge is 0.0587 e. The van der Waals surface area contributed by atoms with Gasteiger partial charge in [0.05, 0.1) is 18.4 Å². The van der Waals surface area contributed by atoms with Crippen molar-refractivity contribution < 1.29 is 9.47 Å². The van der Waals surface area contributed by atoms with E-state index in [2.05, 4.69) is 21.2 Å². The van der Waals surface area contributed by atoms with Gasteiger partial charge in [-0.3, -0.25) is 4.68 Å². The van der Waals surface area contributed by atoms with Crippen LogP contribution in [0, 0.1) is 0 Å². The molecule has 0 radical (unpaired) electrons. The Bertz CT molecular complexity index is 348. The second-order valence-electron chi connectivity index (χ2n) is 4.99. The van der Waals surface area contributed by atoms with Crippen LogP contribution in [0.1, 0.15) is 31.4 Å². The van der Waals surface area contributed by atoms with Gasteiger partial charge in [-0.05, 0) is 31.7 Å². The van der Waals surface area contributed by atoms with Crippen LogP contribution in [0.2, 0.25) is 0 Å². The van der Waals surface area contributed by atoms with Gasteiger partial charge in [-0.1, -0.05) is 0 Å². The Labute approximate surface area is 115 Å². The second kappa shape index (κ2) is 8.30. The van der Waals surface area contributed by atoms with Crippen LogP contribution in [-0.2, 0) is 22.6 Å². The van der Waals surface area contributed by atoms with Crippen LogP contribution in [0.15, 0.2) is 12.3 Å². The van der Waals surface area contributed by atoms with E-state index in [1.165, 1.54) is 18.5 Å². The first-order valence-electron chi connectivity index (χ1n) is 7.22. The zero-order valence-electron chi connectivity index (χ0n) is 11.8. The maximum Gasteiger partial charge on any atom is 0.0587 e. The molecule has 1 aromatic heterocycles. The molecule has 0 spiro atoms. The number of aryl methyl sites for hydroxylation is 1. The summed E-state index contributed by atoms with van der Waals surface area (Å²) in [6, 6.07) is 2.08. The maximum atomic E-state index is 5.64. The molecule has 0 bridgehead atoms. The fourth-order valence-electron chi connectivity index (χ4n) is 2.44. The van der Waals surface area contributed by atoms with E-state index in [4.69, 9.17) is 9.47 Å². The lowest BCUT2D eigenvalue weighted by Gasteiger charge is -2.11. The van der Waals surface area contributed by atoms with Gasteiger partial charge in [0, 0.05) is 39.5 Å². The Kier molecular flexibility index (Phi) is 6.33. The largest absolute Gasteiger partial charge is 0.383 e. The fraction of sp³-hybridized carbons (Fsp3) is 0.786. The van der Waals surface area contributed by atoms with Crippen molar-refractivity contribution in [1.82, 2.24) is 15.1 Å². The first kappa shape index (κ1) is 14.5. The van der Waals surface area contributed by atoms with E-state index in [9.17, 15) is 0 Å². The second-order valence-corrected chi connectivity index (χ2v) is 4.99. The van der Waals surface area contributed by atoms with Gasteiger partial charge in [0.15, 0.2) is 0 Å². The standard InChI is InChI=1S/C14H25N3O2/c1-18-11-8-15-12-13-6-7-16-17(13)9-2-4-14-5-3-10-19-14/h6-7,14-15H,2-5,8-12H2,1H3. The Hall–Kier alpha value is -0.910. The predicted molar refractivity (Wildman–Crippen MR) is 74.0 cm³/mol. The third-order valence-corrected chi connectivity index (χ3v) is 3.51. The van der Waals surface area contributed by atoms with E-state index in [0.717, 1.165) is 45.7 Å². The van der Waals surface area contributed by atoms with Crippen molar-refractivity contribution in [3.8, 4) is 0 Å². The van der Waals surface area contributed by atoms with Gasteiger partial charge in [0.1, 0.15) is 0 Å². The first-order chi connectivity index (χ1) is 9.40. The SMILES string of the molecule is COCCNCc1ccnn1CCCC1CCCO1. The van der Waals surface area contributed by atoms with E-state index < -0.39 is 0 Å². The quantitative estimate of drug-likeness (QED) is 0.690. The van der Waals surface area contributed by atoms with E-state index in [0.29, 0.717) is 6.10 Å². The van der Waals surface area contributed by atoms with Crippen LogP contribution in [0.5, 0.6) is 0 Å². The summed E-state index contributed by atoms with van der Waals surface area (Å²) >= 11 is 0. The van der Waals surface area contributed by atoms with Crippen LogP contribution < -0.4 is 5.32 Å². The minimum absolute atomic E-state index is 0.485. The number of hydrogen-bond acceptors (Lipinski definition) is 4. The predicted octanol–water partition coefficient (Wildman–Crippen LogP) is 1.58. The molecule has 0 saturated carbocycles. The molecule has 1 atom stereocenters. The molecule has 0 aromatic carbocycles. The molecule has 0 aliphatic carbocycles. The molecule has 19 heavy (non-hydrogen) atoms. The highest BCUT2D eigenvalue weighted by molar-refractivity contribution is 4.99. The van der Waals surface area contributed by atoms with Crippen molar-refractivity contribution in [3.63, 3.8) is 0 Å². The number of ether oxygens (including phenoxy) is 2. The molecule has 5 nitrogen and oxygen atoms in total. The van der Waals surface area contributed by atoms with E-state index in [1.807, 2.05) is 6.20 Å². The Morgan fingerprint density at radius 1 is 1.58 bits per heavy atom. The molecule has 1 fully saturated rings. The van der Waals surface area contributed by atoms with Crippen molar-refractivity contribution >= 4 is 0 Å². The summed E-state index contributed by atoms with van der Waals surface area (Å²) in [7, 11) is 1.72. The Balaban J connectivity index is 1.66. The number of nitrogens with one attached hydrogen (secondary N) is 1. The highest BCUT2D eigenvalue weighted by atomic mass is 16.5. The molecule has 108 valence electrons. The number of rotatable bonds is 9. The average molecular weight is 267 g/mol. The van der Waals surface area contributed by atoms with Gasteiger partial charge in [0.2, 0.25) is 0 Å². The van der Waals surface area contributed by atoms with E-state index in [-0.39, 0.29) is 0 Å². The van der Waals surface area contributed by atoms with Crippen molar-refractivity contribution in [2.45, 2.75) is 44.9 Å². The zero-order chi connectivity index (χ0) is 13.3. The molecule has 1 aliphatic heterocycles. The van der Waals surface area contributed by atoms with Crippen molar-refractivity contribution in [3.05, 3.63) is 18.0 Å². The monoisotopic (exact) mass is 267 g/mol. The molecule has 1 aromatic rings. The van der Waals surface area contributed by atoms with Crippen molar-refractivity contribution in [2.75, 3.05) is 26.9 Å². The van der Waals surface area contributed by atoms with Crippen molar-refractivity contribution in [2.24, 2.45) is 0 Å². The summed E-state index contributed by atoms with van der Waals surface area (Å²) in [6.45, 7) is 4.39. The molecule has 1 N–H and O–H groups in total. The third kappa shape index (κ3) is 4.93. The number of methoxy groups -OCH3 is 1. The molecule has 5 heteroatoms. The van der Waals surface area contributed by atoms with Crippen LogP contribution in [0.3, 0.4) is 0 Å². The average Bonchev–Trinajstić information content (AvgIpc) is 3.07. The van der Waals surface area contributed by atoms with Gasteiger partial charge in [-0.2, -0.15) is 5.10 Å². The molecule has 2 rings (SSSR count). The zero-order valence-corrected chi connectivity index (χ0v) is 11.8. The minimum Gasteiger partial charge on any atom is -0.383 e. The first-order valence-corrected chi connectivity index (χ1v) is 7.22. The summed E-state index contributed by atoms with van der Waals surface area (Å²) < 4.78 is 12.7. The maximum absolute atomic E-state index is 5.64. The van der Waals surface area contributed by atoms with E-state index in [1.54, 1.807) is 7.11 Å². The van der Waals surface area contributed by atoms with Gasteiger partial charge in [0.25, 0.3) is 0 Å². The molecule has 0 amide bonds. The summed E-state index contributed by atoms with van der Waals surface area (Å²) in [4.78, 5) is 0. The van der Waals surface area contributed by atoms with Gasteiger partial charge >= 0.3 is 0 Å². The summed E-state index contributed by atoms with van der Waals surface area (Å²) in [6.07, 6.45) is 7.10. The summed E-state index contributed by atoms with van der Waals surface area (Å²) in [5.74, 6) is 0. The summed E-state index contributed by atoms with van der Waals surface area (Å²) in [5, 5.41) is 7.73. The van der Waals surface area contributed by atoms with Crippen LogP contribution in [-0.4, -0.2) is 42.8 Å². The van der Waals surface area contributed by atoms with E-state index >= 15 is 0 Å². The molecular weight excluding hydrogens is 242 g/mol. The number of nitrogens with zero attached hydrogens (tertiary/aromatic N) is 2. The lowest BCUT2D eigenvalue weighted by Crippen LogP contribution is -2.21. The summed E-state index contributed by atoms with van der Waals surface area (Å²) in [5.41, 5.74) is 1.24. The topological polar surface area (TPSA) is 48.3 Å². The number of hydrogen-bond donors (Lipinski definition) is 1. The molecule has 2 heterocycles. The molecule has 1 unspecified atom stereocenters. The Morgan fingerprint density at radius 3 is 3.32 bits per heavy atom. The van der Waals surface area contributed by atoms with Gasteiger partial charge in [-0.25, -0.2) is 0 Å². The molecule has 1 saturated heterocycles. The lowest BCUT2D eigenvalue weighted by atomic mass is 10.1. The van der Waals surface area contributed by atoms with Crippen LogP contribution in [0.4, 0.5) is 0 Å². The van der Waals surface area contributed by atoms with Gasteiger partial charge < -0.3 is 14.8 Å². The minimum atomic E-state index is 0.485. The van der Waals surface area contributed by atoms with Crippen molar-refractivity contribution in [1.29, 1.82) is 0 Å². The fourth-order valence-corrected chi connectivity index (χ4v) is 2.44. The molecule has 1 aliphatic rings. The highest BCUT2D eigenvalue weighted by Crippen LogP contribution is 2.17. The lowest BCUT2D eigenvalue weighted by molar-refractivity contribution is 0.101. The van der Waals surface area contributed by atoms with Gasteiger partial charge in [-0.15, -0.1) is 0 Å². The Morgan fingerprint density at radius 2 is 2.53 bits per heavy atom.